The summed E-state index contributed by atoms with van der Waals surface area (Å²) >= 11 is 1.55. The second-order valence-corrected chi connectivity index (χ2v) is 7.42. The normalized spacial score (nSPS) is 18.3. The van der Waals surface area contributed by atoms with Crippen LogP contribution in [0.3, 0.4) is 0 Å². The average molecular weight is 354 g/mol. The molecular formula is C20H19FN2OS. The van der Waals surface area contributed by atoms with Gasteiger partial charge in [0.1, 0.15) is 5.82 Å². The lowest BCUT2D eigenvalue weighted by molar-refractivity contribution is 0.0754. The Morgan fingerprint density at radius 3 is 2.84 bits per heavy atom. The number of fused-ring (bicyclic) bond motifs is 1. The smallest absolute Gasteiger partial charge is 0.253 e. The molecule has 1 aliphatic heterocycles. The highest BCUT2D eigenvalue weighted by Crippen LogP contribution is 2.28. The molecule has 0 aliphatic carbocycles. The Morgan fingerprint density at radius 1 is 1.16 bits per heavy atom. The third-order valence-electron chi connectivity index (χ3n) is 4.88. The molecule has 2 heterocycles. The maximum absolute atomic E-state index is 13.2. The molecule has 0 bridgehead atoms. The van der Waals surface area contributed by atoms with E-state index in [1.807, 2.05) is 35.2 Å². The first-order valence-corrected chi connectivity index (χ1v) is 9.47. The molecule has 0 saturated carbocycles. The number of amides is 1. The summed E-state index contributed by atoms with van der Waals surface area (Å²) in [6.45, 7) is 1.46. The van der Waals surface area contributed by atoms with Crippen LogP contribution in [0.25, 0.3) is 10.2 Å². The summed E-state index contributed by atoms with van der Waals surface area (Å²) in [7, 11) is 0. The lowest BCUT2D eigenvalue weighted by Gasteiger charge is -2.25. The topological polar surface area (TPSA) is 33.2 Å². The lowest BCUT2D eigenvalue weighted by atomic mass is 9.94. The predicted octanol–water partition coefficient (Wildman–Crippen LogP) is 4.85. The summed E-state index contributed by atoms with van der Waals surface area (Å²) < 4.78 is 14.2. The molecule has 0 N–H and O–H groups in total. The molecule has 3 nitrogen and oxygen atoms in total. The van der Waals surface area contributed by atoms with Gasteiger partial charge < -0.3 is 4.90 Å². The molecule has 1 aliphatic rings. The van der Waals surface area contributed by atoms with Crippen LogP contribution in [0, 0.1) is 5.82 Å². The average Bonchev–Trinajstić information content (AvgIpc) is 2.97. The fourth-order valence-electron chi connectivity index (χ4n) is 3.50. The number of thiazole rings is 1. The molecule has 4 rings (SSSR count). The van der Waals surface area contributed by atoms with E-state index < -0.39 is 0 Å². The minimum Gasteiger partial charge on any atom is -0.338 e. The van der Waals surface area contributed by atoms with Gasteiger partial charge in [-0.1, -0.05) is 18.6 Å². The first kappa shape index (κ1) is 16.2. The van der Waals surface area contributed by atoms with E-state index in [1.54, 1.807) is 16.8 Å². The van der Waals surface area contributed by atoms with Crippen molar-refractivity contribution in [3.8, 4) is 0 Å². The van der Waals surface area contributed by atoms with Crippen LogP contribution < -0.4 is 0 Å². The molecule has 5 heteroatoms. The Morgan fingerprint density at radius 2 is 2.00 bits per heavy atom. The van der Waals surface area contributed by atoms with Gasteiger partial charge >= 0.3 is 0 Å². The predicted molar refractivity (Wildman–Crippen MR) is 98.5 cm³/mol. The Kier molecular flexibility index (Phi) is 4.49. The van der Waals surface area contributed by atoms with Gasteiger partial charge in [-0.05, 0) is 48.7 Å². The van der Waals surface area contributed by atoms with Gasteiger partial charge in [0, 0.05) is 24.6 Å². The van der Waals surface area contributed by atoms with E-state index in [2.05, 4.69) is 4.98 Å². The maximum atomic E-state index is 13.2. The fraction of sp³-hybridized carbons (Fsp3) is 0.300. The third-order valence-corrected chi connectivity index (χ3v) is 5.67. The number of hydrogen-bond donors (Lipinski definition) is 0. The van der Waals surface area contributed by atoms with E-state index in [4.69, 9.17) is 0 Å². The van der Waals surface area contributed by atoms with Crippen molar-refractivity contribution in [2.75, 3.05) is 13.1 Å². The van der Waals surface area contributed by atoms with E-state index in [1.165, 1.54) is 12.1 Å². The van der Waals surface area contributed by atoms with Crippen molar-refractivity contribution in [1.82, 2.24) is 9.88 Å². The Labute approximate surface area is 150 Å². The molecule has 128 valence electrons. The number of benzene rings is 2. The van der Waals surface area contributed by atoms with Gasteiger partial charge in [-0.25, -0.2) is 9.37 Å². The van der Waals surface area contributed by atoms with Gasteiger partial charge in [0.05, 0.1) is 15.7 Å². The zero-order valence-electron chi connectivity index (χ0n) is 13.8. The molecule has 25 heavy (non-hydrogen) atoms. The van der Waals surface area contributed by atoms with Crippen molar-refractivity contribution in [3.05, 3.63) is 64.9 Å². The zero-order chi connectivity index (χ0) is 17.2. The largest absolute Gasteiger partial charge is 0.338 e. The number of hydrogen-bond acceptors (Lipinski definition) is 3. The first-order chi connectivity index (χ1) is 12.2. The van der Waals surface area contributed by atoms with Crippen LogP contribution in [0.5, 0.6) is 0 Å². The minimum atomic E-state index is -0.219. The van der Waals surface area contributed by atoms with Crippen LogP contribution in [0.4, 0.5) is 4.39 Å². The monoisotopic (exact) mass is 354 g/mol. The highest BCUT2D eigenvalue weighted by Gasteiger charge is 2.24. The van der Waals surface area contributed by atoms with Gasteiger partial charge in [0.2, 0.25) is 0 Å². The number of halogens is 1. The molecule has 1 amide bonds. The SMILES string of the molecule is O=C(c1ccc2ncsc2c1)N1CCCCC(c2ccc(F)cc2)C1. The number of rotatable bonds is 2. The van der Waals surface area contributed by atoms with Crippen LogP contribution in [-0.4, -0.2) is 28.9 Å². The van der Waals surface area contributed by atoms with Crippen LogP contribution >= 0.6 is 11.3 Å². The number of aromatic nitrogens is 1. The molecule has 1 aromatic heterocycles. The highest BCUT2D eigenvalue weighted by molar-refractivity contribution is 7.16. The molecule has 1 saturated heterocycles. The Hall–Kier alpha value is -2.27. The van der Waals surface area contributed by atoms with Gasteiger partial charge in [0.15, 0.2) is 0 Å². The third kappa shape index (κ3) is 3.42. The Bertz CT molecular complexity index is 890. The standard InChI is InChI=1S/C20H19FN2OS/c21-17-7-4-14(5-8-17)16-3-1-2-10-23(12-16)20(24)15-6-9-18-19(11-15)25-13-22-18/h4-9,11,13,16H,1-3,10,12H2. The first-order valence-electron chi connectivity index (χ1n) is 8.59. The summed E-state index contributed by atoms with van der Waals surface area (Å²) in [5.41, 5.74) is 4.56. The van der Waals surface area contributed by atoms with E-state index >= 15 is 0 Å². The minimum absolute atomic E-state index is 0.0734. The van der Waals surface area contributed by atoms with E-state index in [0.717, 1.165) is 47.2 Å². The summed E-state index contributed by atoms with van der Waals surface area (Å²) in [4.78, 5) is 19.2. The van der Waals surface area contributed by atoms with Gasteiger partial charge in [0.25, 0.3) is 5.91 Å². The van der Waals surface area contributed by atoms with Crippen LogP contribution in [0.1, 0.15) is 41.1 Å². The van der Waals surface area contributed by atoms with Gasteiger partial charge in [-0.3, -0.25) is 4.79 Å². The Balaban J connectivity index is 1.57. The molecule has 1 unspecified atom stereocenters. The van der Waals surface area contributed by atoms with Crippen molar-refractivity contribution in [2.45, 2.75) is 25.2 Å². The molecule has 3 aromatic rings. The number of carbonyl (C=O) groups is 1. The highest BCUT2D eigenvalue weighted by atomic mass is 32.1. The van der Waals surface area contributed by atoms with E-state index in [9.17, 15) is 9.18 Å². The fourth-order valence-corrected chi connectivity index (χ4v) is 4.22. The summed E-state index contributed by atoms with van der Waals surface area (Å²) in [6, 6.07) is 12.4. The second-order valence-electron chi connectivity index (χ2n) is 6.53. The molecular weight excluding hydrogens is 335 g/mol. The number of nitrogens with zero attached hydrogens (tertiary/aromatic N) is 2. The van der Waals surface area contributed by atoms with Crippen molar-refractivity contribution in [3.63, 3.8) is 0 Å². The second kappa shape index (κ2) is 6.92. The van der Waals surface area contributed by atoms with Crippen LogP contribution in [0.2, 0.25) is 0 Å². The van der Waals surface area contributed by atoms with Gasteiger partial charge in [-0.2, -0.15) is 0 Å². The van der Waals surface area contributed by atoms with Crippen molar-refractivity contribution < 1.29 is 9.18 Å². The summed E-state index contributed by atoms with van der Waals surface area (Å²) in [6.07, 6.45) is 3.12. The summed E-state index contributed by atoms with van der Waals surface area (Å²) in [5.74, 6) is 0.117. The molecule has 1 atom stereocenters. The van der Waals surface area contributed by atoms with E-state index in [-0.39, 0.29) is 17.6 Å². The molecule has 1 fully saturated rings. The van der Waals surface area contributed by atoms with Crippen LogP contribution in [0.15, 0.2) is 48.0 Å². The quantitative estimate of drug-likeness (QED) is 0.659. The van der Waals surface area contributed by atoms with Crippen molar-refractivity contribution in [2.24, 2.45) is 0 Å². The van der Waals surface area contributed by atoms with Crippen molar-refractivity contribution >= 4 is 27.5 Å². The zero-order valence-corrected chi connectivity index (χ0v) is 14.6. The van der Waals surface area contributed by atoms with Crippen molar-refractivity contribution in [1.29, 1.82) is 0 Å². The van der Waals surface area contributed by atoms with Gasteiger partial charge in [-0.15, -0.1) is 11.3 Å². The van der Waals surface area contributed by atoms with Crippen LogP contribution in [-0.2, 0) is 0 Å². The summed E-state index contributed by atoms with van der Waals surface area (Å²) in [5, 5.41) is 0. The number of carbonyl (C=O) groups excluding carboxylic acids is 1. The van der Waals surface area contributed by atoms with E-state index in [0.29, 0.717) is 6.54 Å². The molecule has 2 aromatic carbocycles. The molecule has 0 spiro atoms. The maximum Gasteiger partial charge on any atom is 0.253 e. The lowest BCUT2D eigenvalue weighted by Crippen LogP contribution is -2.34. The number of likely N-dealkylation sites (tertiary alicyclic amines) is 1. The molecule has 0 radical (unpaired) electrons.